The fourth-order valence-corrected chi connectivity index (χ4v) is 2.21. The molecule has 2 amide bonds. The first kappa shape index (κ1) is 19.9. The van der Waals surface area contributed by atoms with Gasteiger partial charge in [0.15, 0.2) is 5.54 Å². The molecule has 0 N–H and O–H groups in total. The zero-order chi connectivity index (χ0) is 18.9. The van der Waals surface area contributed by atoms with Crippen LogP contribution in [0.4, 0.5) is 9.59 Å². The van der Waals surface area contributed by atoms with Gasteiger partial charge in [0.05, 0.1) is 13.0 Å². The predicted octanol–water partition coefficient (Wildman–Crippen LogP) is 2.29. The molecule has 8 nitrogen and oxygen atoms in total. The maximum Gasteiger partial charge on any atom is 0.420 e. The topological polar surface area (TPSA) is 99.2 Å². The van der Waals surface area contributed by atoms with E-state index in [1.54, 1.807) is 41.5 Å². The van der Waals surface area contributed by atoms with Gasteiger partial charge in [-0.2, -0.15) is 4.90 Å². The van der Waals surface area contributed by atoms with Gasteiger partial charge in [-0.25, -0.2) is 14.4 Å². The molecule has 1 aliphatic rings. The van der Waals surface area contributed by atoms with Gasteiger partial charge in [0.1, 0.15) is 17.5 Å². The van der Waals surface area contributed by atoms with E-state index in [1.807, 2.05) is 0 Å². The van der Waals surface area contributed by atoms with Gasteiger partial charge in [0.2, 0.25) is 0 Å². The molecule has 136 valence electrons. The lowest BCUT2D eigenvalue weighted by Gasteiger charge is -2.32. The highest BCUT2D eigenvalue weighted by molar-refractivity contribution is 6.01. The molecule has 0 spiro atoms. The van der Waals surface area contributed by atoms with Crippen molar-refractivity contribution in [3.8, 4) is 0 Å². The fraction of sp³-hybridized carbons (Fsp3) is 0.750. The minimum absolute atomic E-state index is 0.0261. The van der Waals surface area contributed by atoms with E-state index in [0.29, 0.717) is 11.2 Å². The third kappa shape index (κ3) is 4.24. The van der Waals surface area contributed by atoms with Crippen LogP contribution >= 0.6 is 0 Å². The number of rotatable bonds is 3. The number of ether oxygens (including phenoxy) is 3. The van der Waals surface area contributed by atoms with E-state index in [9.17, 15) is 19.2 Å². The molecular weight excluding hydrogens is 318 g/mol. The number of aldehydes is 1. The first-order valence-corrected chi connectivity index (χ1v) is 7.58. The molecule has 0 radical (unpaired) electrons. The van der Waals surface area contributed by atoms with Gasteiger partial charge in [-0.1, -0.05) is 0 Å². The van der Waals surface area contributed by atoms with Crippen LogP contribution in [0.1, 0.15) is 48.0 Å². The van der Waals surface area contributed by atoms with Crippen LogP contribution in [-0.2, 0) is 23.8 Å². The summed E-state index contributed by atoms with van der Waals surface area (Å²) in [6, 6.07) is 0. The van der Waals surface area contributed by atoms with Gasteiger partial charge in [-0.15, -0.1) is 0 Å². The van der Waals surface area contributed by atoms with Gasteiger partial charge in [0, 0.05) is 0 Å². The Morgan fingerprint density at radius 1 is 1.00 bits per heavy atom. The van der Waals surface area contributed by atoms with Gasteiger partial charge in [0.25, 0.3) is 0 Å². The molecule has 2 unspecified atom stereocenters. The lowest BCUT2D eigenvalue weighted by atomic mass is 10.1. The number of carbonyl (C=O) groups is 4. The smallest absolute Gasteiger partial charge is 0.420 e. The van der Waals surface area contributed by atoms with Crippen molar-refractivity contribution in [1.29, 1.82) is 0 Å². The van der Waals surface area contributed by atoms with Gasteiger partial charge < -0.3 is 19.0 Å². The lowest BCUT2D eigenvalue weighted by Crippen LogP contribution is -2.55. The molecule has 2 atom stereocenters. The molecule has 24 heavy (non-hydrogen) atoms. The van der Waals surface area contributed by atoms with Crippen LogP contribution in [0.15, 0.2) is 0 Å². The summed E-state index contributed by atoms with van der Waals surface area (Å²) in [5.74, 6) is -1.72. The predicted molar refractivity (Wildman–Crippen MR) is 83.2 cm³/mol. The van der Waals surface area contributed by atoms with Crippen molar-refractivity contribution in [2.75, 3.05) is 7.11 Å². The van der Waals surface area contributed by atoms with Crippen molar-refractivity contribution in [3.63, 3.8) is 0 Å². The number of esters is 1. The maximum absolute atomic E-state index is 12.5. The average Bonchev–Trinajstić information content (AvgIpc) is 3.08. The molecule has 0 saturated heterocycles. The van der Waals surface area contributed by atoms with Crippen LogP contribution in [0.2, 0.25) is 0 Å². The Morgan fingerprint density at radius 2 is 1.42 bits per heavy atom. The minimum atomic E-state index is -1.72. The summed E-state index contributed by atoms with van der Waals surface area (Å²) in [5.41, 5.74) is -3.53. The van der Waals surface area contributed by atoms with Gasteiger partial charge in [-0.3, -0.25) is 0 Å². The number of amides is 2. The van der Waals surface area contributed by atoms with Crippen molar-refractivity contribution in [3.05, 3.63) is 0 Å². The minimum Gasteiger partial charge on any atom is -0.467 e. The third-order valence-electron chi connectivity index (χ3n) is 3.24. The Labute approximate surface area is 141 Å². The molecule has 1 saturated carbocycles. The van der Waals surface area contributed by atoms with Crippen LogP contribution in [0, 0.1) is 5.92 Å². The number of imide groups is 1. The van der Waals surface area contributed by atoms with Crippen molar-refractivity contribution < 1.29 is 33.4 Å². The number of carbonyl (C=O) groups excluding carboxylic acids is 4. The van der Waals surface area contributed by atoms with Gasteiger partial charge >= 0.3 is 18.2 Å². The van der Waals surface area contributed by atoms with E-state index >= 15 is 0 Å². The monoisotopic (exact) mass is 343 g/mol. The highest BCUT2D eigenvalue weighted by Gasteiger charge is 2.70. The summed E-state index contributed by atoms with van der Waals surface area (Å²) in [5, 5.41) is 0. The molecule has 1 aliphatic carbocycles. The van der Waals surface area contributed by atoms with E-state index in [0.717, 1.165) is 7.11 Å². The van der Waals surface area contributed by atoms with E-state index in [-0.39, 0.29) is 6.42 Å². The first-order chi connectivity index (χ1) is 10.8. The van der Waals surface area contributed by atoms with Crippen LogP contribution < -0.4 is 0 Å². The van der Waals surface area contributed by atoms with Crippen LogP contribution in [0.3, 0.4) is 0 Å². The molecule has 0 heterocycles. The Hall–Kier alpha value is -2.12. The summed E-state index contributed by atoms with van der Waals surface area (Å²) in [7, 11) is 1.12. The Balaban J connectivity index is 3.27. The second-order valence-electron chi connectivity index (χ2n) is 7.66. The zero-order valence-electron chi connectivity index (χ0n) is 15.2. The summed E-state index contributed by atoms with van der Waals surface area (Å²) < 4.78 is 15.1. The molecular formula is C16H25NO7. The summed E-state index contributed by atoms with van der Waals surface area (Å²) in [4.78, 5) is 49.0. The van der Waals surface area contributed by atoms with E-state index in [1.165, 1.54) is 0 Å². The van der Waals surface area contributed by atoms with Crippen LogP contribution in [0.5, 0.6) is 0 Å². The first-order valence-electron chi connectivity index (χ1n) is 7.58. The number of hydrogen-bond donors (Lipinski definition) is 0. The molecule has 0 aromatic carbocycles. The fourth-order valence-electron chi connectivity index (χ4n) is 2.21. The van der Waals surface area contributed by atoms with Crippen molar-refractivity contribution in [2.24, 2.45) is 5.92 Å². The van der Waals surface area contributed by atoms with Crippen molar-refractivity contribution in [2.45, 2.75) is 64.7 Å². The molecule has 0 bridgehead atoms. The van der Waals surface area contributed by atoms with E-state index < -0.39 is 40.8 Å². The molecule has 1 rings (SSSR count). The number of nitrogens with zero attached hydrogens (tertiary/aromatic N) is 1. The van der Waals surface area contributed by atoms with Crippen molar-refractivity contribution in [1.82, 2.24) is 4.90 Å². The maximum atomic E-state index is 12.5. The molecule has 0 aromatic heterocycles. The lowest BCUT2D eigenvalue weighted by molar-refractivity contribution is -0.149. The Morgan fingerprint density at radius 3 is 1.67 bits per heavy atom. The second kappa shape index (κ2) is 6.41. The summed E-state index contributed by atoms with van der Waals surface area (Å²) >= 11 is 0. The second-order valence-corrected chi connectivity index (χ2v) is 7.66. The molecule has 8 heteroatoms. The normalized spacial score (nSPS) is 23.0. The largest absolute Gasteiger partial charge is 0.467 e. The highest BCUT2D eigenvalue weighted by atomic mass is 16.6. The van der Waals surface area contributed by atoms with Crippen LogP contribution in [-0.4, -0.2) is 53.2 Å². The average molecular weight is 343 g/mol. The molecule has 0 aliphatic heterocycles. The van der Waals surface area contributed by atoms with Gasteiger partial charge in [-0.05, 0) is 48.0 Å². The zero-order valence-corrected chi connectivity index (χ0v) is 15.2. The quantitative estimate of drug-likeness (QED) is 0.440. The number of methoxy groups -OCH3 is 1. The summed E-state index contributed by atoms with van der Waals surface area (Å²) in [6.07, 6.45) is -1.64. The Bertz CT molecular complexity index is 516. The van der Waals surface area contributed by atoms with E-state index in [2.05, 4.69) is 0 Å². The number of hydrogen-bond acceptors (Lipinski definition) is 7. The summed E-state index contributed by atoms with van der Waals surface area (Å²) in [6.45, 7) is 9.71. The van der Waals surface area contributed by atoms with Crippen molar-refractivity contribution >= 4 is 24.4 Å². The van der Waals surface area contributed by atoms with Crippen LogP contribution in [0.25, 0.3) is 0 Å². The third-order valence-corrected chi connectivity index (χ3v) is 3.24. The SMILES string of the molecule is COC(=O)C1(N(C(=O)OC(C)(C)C)C(=O)OC(C)(C)C)CC1C=O. The molecule has 1 fully saturated rings. The highest BCUT2D eigenvalue weighted by Crippen LogP contribution is 2.49. The Kier molecular flexibility index (Phi) is 5.32. The molecule has 0 aromatic rings. The standard InChI is InChI=1S/C16H25NO7/c1-14(2,3)23-12(20)17(13(21)24-15(4,5)6)16(11(19)22-7)8-10(16)9-18/h9-10H,8H2,1-7H3. The van der Waals surface area contributed by atoms with E-state index in [4.69, 9.17) is 14.2 Å².